The van der Waals surface area contributed by atoms with Crippen LogP contribution in [0.4, 0.5) is 0 Å². The summed E-state index contributed by atoms with van der Waals surface area (Å²) >= 11 is 1.79. The number of hydrogen-bond acceptors (Lipinski definition) is 3. The Bertz CT molecular complexity index is 366. The summed E-state index contributed by atoms with van der Waals surface area (Å²) in [6, 6.07) is 6.43. The standard InChI is InChI=1S/C12H18N2OS/c1-9-5-6-10(2)11(8-9)16-7-3-4-12(15)14-13/h5-6,8H,3-4,7,13H2,1-2H3,(H,14,15). The van der Waals surface area contributed by atoms with E-state index in [4.69, 9.17) is 5.84 Å². The molecule has 0 fully saturated rings. The van der Waals surface area contributed by atoms with Gasteiger partial charge in [-0.1, -0.05) is 17.7 Å². The van der Waals surface area contributed by atoms with Crippen LogP contribution in [0, 0.1) is 13.8 Å². The summed E-state index contributed by atoms with van der Waals surface area (Å²) in [6.45, 7) is 4.19. The summed E-state index contributed by atoms with van der Waals surface area (Å²) in [6.07, 6.45) is 1.34. The Morgan fingerprint density at radius 1 is 1.44 bits per heavy atom. The number of benzene rings is 1. The first-order chi connectivity index (χ1) is 7.63. The fraction of sp³-hybridized carbons (Fsp3) is 0.417. The van der Waals surface area contributed by atoms with E-state index in [2.05, 4.69) is 37.5 Å². The van der Waals surface area contributed by atoms with E-state index in [0.29, 0.717) is 6.42 Å². The van der Waals surface area contributed by atoms with Crippen molar-refractivity contribution in [3.8, 4) is 0 Å². The van der Waals surface area contributed by atoms with Crippen molar-refractivity contribution >= 4 is 17.7 Å². The Morgan fingerprint density at radius 3 is 2.88 bits per heavy atom. The van der Waals surface area contributed by atoms with Crippen molar-refractivity contribution in [2.24, 2.45) is 5.84 Å². The molecule has 88 valence electrons. The average Bonchev–Trinajstić information content (AvgIpc) is 2.28. The van der Waals surface area contributed by atoms with Crippen molar-refractivity contribution in [3.63, 3.8) is 0 Å². The van der Waals surface area contributed by atoms with Crippen molar-refractivity contribution < 1.29 is 4.79 Å². The molecule has 0 saturated heterocycles. The second-order valence-corrected chi connectivity index (χ2v) is 4.93. The molecule has 1 rings (SSSR count). The van der Waals surface area contributed by atoms with Crippen LogP contribution in [-0.4, -0.2) is 11.7 Å². The van der Waals surface area contributed by atoms with Gasteiger partial charge < -0.3 is 0 Å². The van der Waals surface area contributed by atoms with Gasteiger partial charge in [-0.05, 0) is 37.7 Å². The Kier molecular flexibility index (Phi) is 5.35. The zero-order chi connectivity index (χ0) is 12.0. The third-order valence-electron chi connectivity index (χ3n) is 2.31. The van der Waals surface area contributed by atoms with Crippen LogP contribution in [-0.2, 0) is 4.79 Å². The third-order valence-corrected chi connectivity index (χ3v) is 3.55. The molecule has 0 saturated carbocycles. The lowest BCUT2D eigenvalue weighted by Gasteiger charge is -2.06. The van der Waals surface area contributed by atoms with Crippen LogP contribution in [0.2, 0.25) is 0 Å². The first-order valence-electron chi connectivity index (χ1n) is 5.33. The van der Waals surface area contributed by atoms with E-state index in [0.717, 1.165) is 12.2 Å². The zero-order valence-electron chi connectivity index (χ0n) is 9.75. The number of rotatable bonds is 5. The van der Waals surface area contributed by atoms with Crippen LogP contribution in [0.5, 0.6) is 0 Å². The van der Waals surface area contributed by atoms with E-state index in [1.165, 1.54) is 16.0 Å². The lowest BCUT2D eigenvalue weighted by molar-refractivity contribution is -0.121. The van der Waals surface area contributed by atoms with Crippen LogP contribution in [0.15, 0.2) is 23.1 Å². The molecule has 0 atom stereocenters. The highest BCUT2D eigenvalue weighted by molar-refractivity contribution is 7.99. The maximum Gasteiger partial charge on any atom is 0.233 e. The van der Waals surface area contributed by atoms with Gasteiger partial charge in [-0.15, -0.1) is 11.8 Å². The van der Waals surface area contributed by atoms with Gasteiger partial charge >= 0.3 is 0 Å². The second-order valence-electron chi connectivity index (χ2n) is 3.79. The molecule has 0 radical (unpaired) electrons. The Balaban J connectivity index is 2.37. The van der Waals surface area contributed by atoms with Crippen LogP contribution >= 0.6 is 11.8 Å². The number of carbonyl (C=O) groups excluding carboxylic acids is 1. The minimum Gasteiger partial charge on any atom is -0.294 e. The number of nitrogens with two attached hydrogens (primary N) is 1. The van der Waals surface area contributed by atoms with E-state index in [-0.39, 0.29) is 5.91 Å². The van der Waals surface area contributed by atoms with Crippen molar-refractivity contribution in [1.82, 2.24) is 5.43 Å². The smallest absolute Gasteiger partial charge is 0.233 e. The van der Waals surface area contributed by atoms with Gasteiger partial charge in [-0.25, -0.2) is 5.84 Å². The van der Waals surface area contributed by atoms with Crippen molar-refractivity contribution in [1.29, 1.82) is 0 Å². The molecule has 0 aliphatic carbocycles. The number of thioether (sulfide) groups is 1. The Morgan fingerprint density at radius 2 is 2.19 bits per heavy atom. The number of aryl methyl sites for hydroxylation is 2. The van der Waals surface area contributed by atoms with Gasteiger partial charge in [0.1, 0.15) is 0 Å². The van der Waals surface area contributed by atoms with Gasteiger partial charge in [-0.2, -0.15) is 0 Å². The quantitative estimate of drug-likeness (QED) is 0.272. The van der Waals surface area contributed by atoms with Crippen molar-refractivity contribution in [3.05, 3.63) is 29.3 Å². The van der Waals surface area contributed by atoms with Gasteiger partial charge in [-0.3, -0.25) is 10.2 Å². The monoisotopic (exact) mass is 238 g/mol. The van der Waals surface area contributed by atoms with E-state index in [1.807, 2.05) is 0 Å². The van der Waals surface area contributed by atoms with E-state index in [1.54, 1.807) is 11.8 Å². The highest BCUT2D eigenvalue weighted by atomic mass is 32.2. The maximum absolute atomic E-state index is 10.9. The predicted octanol–water partition coefficient (Wildman–Crippen LogP) is 2.17. The molecule has 16 heavy (non-hydrogen) atoms. The molecule has 1 aromatic carbocycles. The minimum absolute atomic E-state index is 0.0958. The summed E-state index contributed by atoms with van der Waals surface area (Å²) in [7, 11) is 0. The molecular formula is C12H18N2OS. The molecule has 0 spiro atoms. The molecule has 4 heteroatoms. The number of hydrogen-bond donors (Lipinski definition) is 2. The number of carbonyl (C=O) groups is 1. The Labute approximate surface area is 101 Å². The van der Waals surface area contributed by atoms with Gasteiger partial charge in [0, 0.05) is 11.3 Å². The minimum atomic E-state index is -0.0958. The van der Waals surface area contributed by atoms with Gasteiger partial charge in [0.05, 0.1) is 0 Å². The first kappa shape index (κ1) is 13.1. The lowest BCUT2D eigenvalue weighted by atomic mass is 10.2. The molecule has 3 nitrogen and oxygen atoms in total. The molecule has 1 aromatic rings. The molecule has 0 aromatic heterocycles. The summed E-state index contributed by atoms with van der Waals surface area (Å²) in [5.41, 5.74) is 4.70. The number of hydrazine groups is 1. The normalized spacial score (nSPS) is 10.2. The highest BCUT2D eigenvalue weighted by Crippen LogP contribution is 2.24. The SMILES string of the molecule is Cc1ccc(C)c(SCCCC(=O)NN)c1. The maximum atomic E-state index is 10.9. The van der Waals surface area contributed by atoms with E-state index >= 15 is 0 Å². The molecule has 3 N–H and O–H groups in total. The van der Waals surface area contributed by atoms with Gasteiger partial charge in [0.2, 0.25) is 5.91 Å². The molecule has 0 bridgehead atoms. The summed E-state index contributed by atoms with van der Waals surface area (Å²) in [5.74, 6) is 5.85. The molecule has 1 amide bonds. The molecule has 0 unspecified atom stereocenters. The van der Waals surface area contributed by atoms with E-state index < -0.39 is 0 Å². The first-order valence-corrected chi connectivity index (χ1v) is 6.31. The second kappa shape index (κ2) is 6.55. The molecular weight excluding hydrogens is 220 g/mol. The molecule has 0 aliphatic rings. The number of amides is 1. The van der Waals surface area contributed by atoms with Gasteiger partial charge in [0.25, 0.3) is 0 Å². The van der Waals surface area contributed by atoms with Gasteiger partial charge in [0.15, 0.2) is 0 Å². The van der Waals surface area contributed by atoms with Crippen LogP contribution < -0.4 is 11.3 Å². The van der Waals surface area contributed by atoms with Crippen LogP contribution in [0.1, 0.15) is 24.0 Å². The average molecular weight is 238 g/mol. The lowest BCUT2D eigenvalue weighted by Crippen LogP contribution is -2.29. The Hall–Kier alpha value is -1.00. The predicted molar refractivity (Wildman–Crippen MR) is 68.2 cm³/mol. The fourth-order valence-corrected chi connectivity index (χ4v) is 2.42. The van der Waals surface area contributed by atoms with E-state index in [9.17, 15) is 4.79 Å². The molecule has 0 aliphatic heterocycles. The zero-order valence-corrected chi connectivity index (χ0v) is 10.6. The van der Waals surface area contributed by atoms with Crippen molar-refractivity contribution in [2.45, 2.75) is 31.6 Å². The van der Waals surface area contributed by atoms with Crippen molar-refractivity contribution in [2.75, 3.05) is 5.75 Å². The fourth-order valence-electron chi connectivity index (χ4n) is 1.35. The molecule has 0 heterocycles. The number of nitrogens with one attached hydrogen (secondary N) is 1. The summed E-state index contributed by atoms with van der Waals surface area (Å²) < 4.78 is 0. The van der Waals surface area contributed by atoms with Crippen LogP contribution in [0.3, 0.4) is 0 Å². The summed E-state index contributed by atoms with van der Waals surface area (Å²) in [4.78, 5) is 12.2. The third kappa shape index (κ3) is 4.24. The largest absolute Gasteiger partial charge is 0.294 e. The highest BCUT2D eigenvalue weighted by Gasteiger charge is 2.01. The summed E-state index contributed by atoms with van der Waals surface area (Å²) in [5, 5.41) is 0. The topological polar surface area (TPSA) is 55.1 Å². The van der Waals surface area contributed by atoms with Crippen LogP contribution in [0.25, 0.3) is 0 Å².